The van der Waals surface area contributed by atoms with Gasteiger partial charge in [0.1, 0.15) is 12.1 Å². The Hall–Kier alpha value is -2.55. The molecular formula is C20H27N3O5S. The fraction of sp³-hybridized carbons (Fsp3) is 0.500. The Morgan fingerprint density at radius 1 is 1.21 bits per heavy atom. The zero-order valence-corrected chi connectivity index (χ0v) is 17.8. The summed E-state index contributed by atoms with van der Waals surface area (Å²) in [7, 11) is 0. The van der Waals surface area contributed by atoms with Crippen molar-refractivity contribution in [3.05, 3.63) is 35.4 Å². The number of aliphatic carboxylic acids is 1. The lowest BCUT2D eigenvalue weighted by molar-refractivity contribution is -0.143. The molecule has 3 N–H and O–H groups in total. The van der Waals surface area contributed by atoms with Crippen molar-refractivity contribution in [2.75, 3.05) is 11.6 Å². The van der Waals surface area contributed by atoms with E-state index in [2.05, 4.69) is 10.6 Å². The lowest BCUT2D eigenvalue weighted by atomic mass is 10.0. The molecule has 1 heterocycles. The molecule has 1 saturated heterocycles. The molecule has 1 fully saturated rings. The van der Waals surface area contributed by atoms with Crippen molar-refractivity contribution in [2.24, 2.45) is 0 Å². The number of thioether (sulfide) groups is 1. The monoisotopic (exact) mass is 421 g/mol. The number of hydrogen-bond acceptors (Lipinski definition) is 5. The average molecular weight is 422 g/mol. The summed E-state index contributed by atoms with van der Waals surface area (Å²) >= 11 is 1.45. The van der Waals surface area contributed by atoms with E-state index < -0.39 is 24.0 Å². The first-order chi connectivity index (χ1) is 13.5. The molecule has 0 bridgehead atoms. The summed E-state index contributed by atoms with van der Waals surface area (Å²) in [4.78, 5) is 49.4. The van der Waals surface area contributed by atoms with E-state index in [-0.39, 0.29) is 23.8 Å². The summed E-state index contributed by atoms with van der Waals surface area (Å²) < 4.78 is 0. The minimum absolute atomic E-state index is 0.0716. The van der Waals surface area contributed by atoms with Crippen LogP contribution in [-0.2, 0) is 20.8 Å². The third kappa shape index (κ3) is 6.49. The molecule has 8 nitrogen and oxygen atoms in total. The first-order valence-electron chi connectivity index (χ1n) is 9.27. The van der Waals surface area contributed by atoms with Gasteiger partial charge in [0.15, 0.2) is 0 Å². The molecule has 2 atom stereocenters. The summed E-state index contributed by atoms with van der Waals surface area (Å²) in [6, 6.07) is 4.81. The fourth-order valence-corrected chi connectivity index (χ4v) is 4.10. The van der Waals surface area contributed by atoms with Crippen molar-refractivity contribution in [1.82, 2.24) is 15.5 Å². The molecule has 1 aliphatic rings. The second kappa shape index (κ2) is 9.30. The van der Waals surface area contributed by atoms with E-state index >= 15 is 0 Å². The van der Waals surface area contributed by atoms with Gasteiger partial charge < -0.3 is 20.6 Å². The lowest BCUT2D eigenvalue weighted by Crippen LogP contribution is -2.52. The van der Waals surface area contributed by atoms with Crippen LogP contribution in [0.25, 0.3) is 0 Å². The van der Waals surface area contributed by atoms with Gasteiger partial charge >= 0.3 is 5.97 Å². The van der Waals surface area contributed by atoms with E-state index in [1.165, 1.54) is 23.6 Å². The maximum Gasteiger partial charge on any atom is 0.326 e. The van der Waals surface area contributed by atoms with Crippen LogP contribution in [0.4, 0.5) is 0 Å². The molecule has 0 aromatic heterocycles. The Bertz CT molecular complexity index is 788. The van der Waals surface area contributed by atoms with Crippen LogP contribution >= 0.6 is 11.8 Å². The number of hydrogen-bond donors (Lipinski definition) is 3. The Morgan fingerprint density at radius 2 is 1.83 bits per heavy atom. The molecule has 1 aromatic rings. The summed E-state index contributed by atoms with van der Waals surface area (Å²) in [6.45, 7) is 7.04. The number of carboxylic acid groups (broad SMARTS) is 1. The third-order valence-corrected chi connectivity index (χ3v) is 5.36. The van der Waals surface area contributed by atoms with Crippen molar-refractivity contribution in [3.8, 4) is 0 Å². The molecule has 1 aromatic carbocycles. The van der Waals surface area contributed by atoms with Crippen molar-refractivity contribution in [3.63, 3.8) is 0 Å². The molecule has 2 rings (SSSR count). The van der Waals surface area contributed by atoms with Crippen LogP contribution in [0.1, 0.15) is 43.6 Å². The number of carbonyl (C=O) groups is 4. The molecule has 0 aliphatic carbocycles. The van der Waals surface area contributed by atoms with Crippen LogP contribution in [0.2, 0.25) is 0 Å². The van der Waals surface area contributed by atoms with Crippen LogP contribution in [0.15, 0.2) is 24.3 Å². The van der Waals surface area contributed by atoms with Crippen LogP contribution in [-0.4, -0.2) is 62.9 Å². The number of carboxylic acids is 1. The molecule has 3 amide bonds. The van der Waals surface area contributed by atoms with Gasteiger partial charge in [0.05, 0.1) is 5.88 Å². The number of benzene rings is 1. The number of amides is 3. The zero-order valence-electron chi connectivity index (χ0n) is 17.0. The highest BCUT2D eigenvalue weighted by Gasteiger charge is 2.35. The Labute approximate surface area is 174 Å². The Morgan fingerprint density at radius 3 is 2.34 bits per heavy atom. The van der Waals surface area contributed by atoms with Gasteiger partial charge in [-0.3, -0.25) is 14.4 Å². The van der Waals surface area contributed by atoms with Crippen molar-refractivity contribution < 1.29 is 24.3 Å². The predicted molar refractivity (Wildman–Crippen MR) is 111 cm³/mol. The van der Waals surface area contributed by atoms with E-state index in [0.29, 0.717) is 22.8 Å². The highest BCUT2D eigenvalue weighted by molar-refractivity contribution is 7.99. The summed E-state index contributed by atoms with van der Waals surface area (Å²) in [5.41, 5.74) is 0.787. The van der Waals surface area contributed by atoms with E-state index in [1.54, 1.807) is 24.3 Å². The summed E-state index contributed by atoms with van der Waals surface area (Å²) in [5, 5.41) is 14.9. The first-order valence-corrected chi connectivity index (χ1v) is 10.4. The van der Waals surface area contributed by atoms with Gasteiger partial charge in [-0.2, -0.15) is 0 Å². The molecule has 0 saturated carbocycles. The molecule has 0 spiro atoms. The highest BCUT2D eigenvalue weighted by Crippen LogP contribution is 2.21. The fourth-order valence-electron chi connectivity index (χ4n) is 2.88. The molecule has 9 heteroatoms. The van der Waals surface area contributed by atoms with Gasteiger partial charge in [-0.05, 0) is 38.5 Å². The topological polar surface area (TPSA) is 116 Å². The minimum atomic E-state index is -1.16. The summed E-state index contributed by atoms with van der Waals surface area (Å²) in [5.74, 6) is -1.20. The average Bonchev–Trinajstić information content (AvgIpc) is 3.10. The molecular weight excluding hydrogens is 394 g/mol. The third-order valence-electron chi connectivity index (χ3n) is 4.35. The van der Waals surface area contributed by atoms with Crippen LogP contribution < -0.4 is 10.6 Å². The minimum Gasteiger partial charge on any atom is -0.480 e. The second-order valence-corrected chi connectivity index (χ2v) is 9.01. The number of rotatable bonds is 6. The van der Waals surface area contributed by atoms with Crippen molar-refractivity contribution in [1.29, 1.82) is 0 Å². The highest BCUT2D eigenvalue weighted by atomic mass is 32.2. The maximum absolute atomic E-state index is 12.5. The molecule has 1 aliphatic heterocycles. The quantitative estimate of drug-likeness (QED) is 0.637. The normalized spacial score (nSPS) is 17.5. The second-order valence-electron chi connectivity index (χ2n) is 8.01. The van der Waals surface area contributed by atoms with E-state index in [1.807, 2.05) is 20.8 Å². The standard InChI is InChI=1S/C20H27N3O5S/c1-12(24)23-11-29-10-16(23)18(26)21-15(19(27)28)9-13-5-7-14(8-6-13)17(25)22-20(2,3)4/h5-8,15-16H,9-11H2,1-4H3,(H,21,26)(H,22,25)(H,27,28)/t15-,16?/m0/s1. The maximum atomic E-state index is 12.5. The van der Waals surface area contributed by atoms with Crippen molar-refractivity contribution in [2.45, 2.75) is 51.7 Å². The van der Waals surface area contributed by atoms with Crippen LogP contribution in [0.3, 0.4) is 0 Å². The predicted octanol–water partition coefficient (Wildman–Crippen LogP) is 1.25. The Kier molecular flexibility index (Phi) is 7.29. The number of carbonyl (C=O) groups excluding carboxylic acids is 3. The molecule has 158 valence electrons. The van der Waals surface area contributed by atoms with Gasteiger partial charge in [-0.1, -0.05) is 12.1 Å². The largest absolute Gasteiger partial charge is 0.480 e. The van der Waals surface area contributed by atoms with Crippen molar-refractivity contribution >= 4 is 35.5 Å². The molecule has 1 unspecified atom stereocenters. The van der Waals surface area contributed by atoms with E-state index in [0.717, 1.165) is 0 Å². The van der Waals surface area contributed by atoms with Gasteiger partial charge in [-0.15, -0.1) is 11.8 Å². The SMILES string of the molecule is CC(=O)N1CSCC1C(=O)N[C@@H](Cc1ccc(C(=O)NC(C)(C)C)cc1)C(=O)O. The van der Waals surface area contributed by atoms with E-state index in [4.69, 9.17) is 0 Å². The molecule has 0 radical (unpaired) electrons. The molecule has 29 heavy (non-hydrogen) atoms. The summed E-state index contributed by atoms with van der Waals surface area (Å²) in [6.07, 6.45) is 0.0716. The van der Waals surface area contributed by atoms with Gasteiger partial charge in [0, 0.05) is 30.2 Å². The smallest absolute Gasteiger partial charge is 0.326 e. The van der Waals surface area contributed by atoms with Gasteiger partial charge in [0.25, 0.3) is 5.91 Å². The first kappa shape index (κ1) is 22.7. The Balaban J connectivity index is 2.03. The van der Waals surface area contributed by atoms with Gasteiger partial charge in [0.2, 0.25) is 11.8 Å². The van der Waals surface area contributed by atoms with Gasteiger partial charge in [-0.25, -0.2) is 4.79 Å². The number of nitrogens with one attached hydrogen (secondary N) is 2. The van der Waals surface area contributed by atoms with E-state index in [9.17, 15) is 24.3 Å². The number of nitrogens with zero attached hydrogens (tertiary/aromatic N) is 1. The lowest BCUT2D eigenvalue weighted by Gasteiger charge is -2.23. The zero-order chi connectivity index (χ0) is 21.8. The van der Waals surface area contributed by atoms with Crippen LogP contribution in [0, 0.1) is 0 Å². The van der Waals surface area contributed by atoms with Crippen LogP contribution in [0.5, 0.6) is 0 Å².